The van der Waals surface area contributed by atoms with Gasteiger partial charge in [-0.1, -0.05) is 78.9 Å². The van der Waals surface area contributed by atoms with Crippen molar-refractivity contribution in [2.24, 2.45) is 0 Å². The van der Waals surface area contributed by atoms with Gasteiger partial charge >= 0.3 is 0 Å². The van der Waals surface area contributed by atoms with E-state index in [1.54, 1.807) is 0 Å². The minimum absolute atomic E-state index is 0.174. The lowest BCUT2D eigenvalue weighted by molar-refractivity contribution is 0.0627. The molecule has 3 aromatic carbocycles. The van der Waals surface area contributed by atoms with Gasteiger partial charge in [0.15, 0.2) is 0 Å². The van der Waals surface area contributed by atoms with Crippen LogP contribution >= 0.6 is 0 Å². The molecule has 0 bridgehead atoms. The van der Waals surface area contributed by atoms with Crippen molar-refractivity contribution in [2.45, 2.75) is 19.4 Å². The second kappa shape index (κ2) is 9.53. The zero-order valence-corrected chi connectivity index (χ0v) is 16.8. The van der Waals surface area contributed by atoms with Crippen LogP contribution in [0, 0.1) is 0 Å². The lowest BCUT2D eigenvalue weighted by atomic mass is 9.99. The molecule has 1 fully saturated rings. The molecule has 0 atom stereocenters. The first-order valence-corrected chi connectivity index (χ1v) is 10.5. The molecule has 3 aromatic rings. The van der Waals surface area contributed by atoms with Crippen molar-refractivity contribution >= 4 is 5.91 Å². The second-order valence-corrected chi connectivity index (χ2v) is 7.70. The maximum absolute atomic E-state index is 13.2. The number of hydrogen-bond donors (Lipinski definition) is 0. The summed E-state index contributed by atoms with van der Waals surface area (Å²) >= 11 is 0. The molecule has 0 spiro atoms. The van der Waals surface area contributed by atoms with Crippen LogP contribution in [-0.2, 0) is 19.4 Å². The largest absolute Gasteiger partial charge is 0.336 e. The van der Waals surface area contributed by atoms with Gasteiger partial charge in [-0.2, -0.15) is 0 Å². The number of benzene rings is 3. The molecule has 1 saturated heterocycles. The van der Waals surface area contributed by atoms with Crippen molar-refractivity contribution < 1.29 is 4.79 Å². The van der Waals surface area contributed by atoms with Gasteiger partial charge in [-0.3, -0.25) is 9.69 Å². The Bertz CT molecular complexity index is 916. The third kappa shape index (κ3) is 5.12. The van der Waals surface area contributed by atoms with Crippen molar-refractivity contribution in [3.05, 3.63) is 107 Å². The number of nitrogens with zero attached hydrogens (tertiary/aromatic N) is 2. The Balaban J connectivity index is 1.36. The van der Waals surface area contributed by atoms with Gasteiger partial charge in [0.25, 0.3) is 5.91 Å². The summed E-state index contributed by atoms with van der Waals surface area (Å²) in [5.41, 5.74) is 4.65. The summed E-state index contributed by atoms with van der Waals surface area (Å²) in [6.07, 6.45) is 1.84. The van der Waals surface area contributed by atoms with Gasteiger partial charge in [0.1, 0.15) is 0 Å². The van der Waals surface area contributed by atoms with E-state index in [4.69, 9.17) is 0 Å². The van der Waals surface area contributed by atoms with Crippen molar-refractivity contribution in [1.82, 2.24) is 9.80 Å². The molecule has 1 amide bonds. The number of hydrogen-bond acceptors (Lipinski definition) is 2. The Kier molecular flexibility index (Phi) is 6.38. The molecule has 29 heavy (non-hydrogen) atoms. The van der Waals surface area contributed by atoms with E-state index >= 15 is 0 Å². The van der Waals surface area contributed by atoms with E-state index in [0.29, 0.717) is 0 Å². The zero-order valence-electron chi connectivity index (χ0n) is 16.8. The highest BCUT2D eigenvalue weighted by Gasteiger charge is 2.23. The summed E-state index contributed by atoms with van der Waals surface area (Å²) in [6.45, 7) is 4.38. The molecule has 3 nitrogen and oxygen atoms in total. The molecule has 148 valence electrons. The molecule has 0 radical (unpaired) electrons. The van der Waals surface area contributed by atoms with Gasteiger partial charge in [-0.05, 0) is 35.6 Å². The predicted octanol–water partition coefficient (Wildman–Crippen LogP) is 4.43. The van der Waals surface area contributed by atoms with Crippen LogP contribution in [-0.4, -0.2) is 41.9 Å². The molecule has 0 aromatic heterocycles. The molecular formula is C26H28N2O. The van der Waals surface area contributed by atoms with Crippen LogP contribution in [0.25, 0.3) is 0 Å². The van der Waals surface area contributed by atoms with Crippen LogP contribution in [0.2, 0.25) is 0 Å². The summed E-state index contributed by atoms with van der Waals surface area (Å²) in [7, 11) is 0. The van der Waals surface area contributed by atoms with E-state index < -0.39 is 0 Å². The van der Waals surface area contributed by atoms with Crippen LogP contribution in [0.1, 0.15) is 27.0 Å². The maximum atomic E-state index is 13.2. The molecule has 0 aliphatic carbocycles. The SMILES string of the molecule is O=C(c1ccccc1CCc1ccccc1)N1CCN(Cc2ccccc2)CC1. The summed E-state index contributed by atoms with van der Waals surface area (Å²) in [4.78, 5) is 17.7. The van der Waals surface area contributed by atoms with E-state index in [0.717, 1.165) is 56.7 Å². The summed E-state index contributed by atoms with van der Waals surface area (Å²) in [5, 5.41) is 0. The summed E-state index contributed by atoms with van der Waals surface area (Å²) < 4.78 is 0. The first-order valence-electron chi connectivity index (χ1n) is 10.5. The van der Waals surface area contributed by atoms with Gasteiger partial charge in [0.05, 0.1) is 0 Å². The van der Waals surface area contributed by atoms with E-state index in [1.807, 2.05) is 29.2 Å². The highest BCUT2D eigenvalue weighted by atomic mass is 16.2. The van der Waals surface area contributed by atoms with Gasteiger partial charge in [0, 0.05) is 38.3 Å². The zero-order chi connectivity index (χ0) is 19.9. The van der Waals surface area contributed by atoms with Gasteiger partial charge < -0.3 is 4.90 Å². The molecule has 3 heteroatoms. The van der Waals surface area contributed by atoms with Crippen LogP contribution < -0.4 is 0 Å². The Morgan fingerprint density at radius 2 is 1.24 bits per heavy atom. The highest BCUT2D eigenvalue weighted by molar-refractivity contribution is 5.95. The minimum Gasteiger partial charge on any atom is -0.336 e. The third-order valence-electron chi connectivity index (χ3n) is 5.68. The molecule has 4 rings (SSSR count). The molecule has 1 aliphatic heterocycles. The Morgan fingerprint density at radius 1 is 0.655 bits per heavy atom. The monoisotopic (exact) mass is 384 g/mol. The smallest absolute Gasteiger partial charge is 0.254 e. The first-order chi connectivity index (χ1) is 14.3. The Labute approximate surface area is 173 Å². The molecule has 1 aliphatic rings. The second-order valence-electron chi connectivity index (χ2n) is 7.70. The number of piperazine rings is 1. The van der Waals surface area contributed by atoms with Gasteiger partial charge in [-0.25, -0.2) is 0 Å². The molecule has 0 saturated carbocycles. The number of carbonyl (C=O) groups excluding carboxylic acids is 1. The molecule has 0 unspecified atom stereocenters. The highest BCUT2D eigenvalue weighted by Crippen LogP contribution is 2.17. The molecule has 0 N–H and O–H groups in total. The van der Waals surface area contributed by atoms with Crippen LogP contribution in [0.5, 0.6) is 0 Å². The Morgan fingerprint density at radius 3 is 1.93 bits per heavy atom. The average molecular weight is 385 g/mol. The molecule has 1 heterocycles. The standard InChI is InChI=1S/C26H28N2O/c29-26(28-19-17-27(18-20-28)21-23-11-5-2-6-12-23)25-14-8-7-13-24(25)16-15-22-9-3-1-4-10-22/h1-14H,15-21H2. The third-order valence-corrected chi connectivity index (χ3v) is 5.68. The lowest BCUT2D eigenvalue weighted by Crippen LogP contribution is -2.48. The number of aryl methyl sites for hydroxylation is 2. The minimum atomic E-state index is 0.174. The van der Waals surface area contributed by atoms with E-state index in [2.05, 4.69) is 65.6 Å². The van der Waals surface area contributed by atoms with Crippen molar-refractivity contribution in [1.29, 1.82) is 0 Å². The summed E-state index contributed by atoms with van der Waals surface area (Å²) in [6, 6.07) is 29.1. The van der Waals surface area contributed by atoms with Crippen LogP contribution in [0.4, 0.5) is 0 Å². The number of carbonyl (C=O) groups is 1. The van der Waals surface area contributed by atoms with Crippen molar-refractivity contribution in [3.8, 4) is 0 Å². The Hall–Kier alpha value is -2.91. The topological polar surface area (TPSA) is 23.6 Å². The van der Waals surface area contributed by atoms with Crippen LogP contribution in [0.15, 0.2) is 84.9 Å². The van der Waals surface area contributed by atoms with E-state index in [1.165, 1.54) is 11.1 Å². The van der Waals surface area contributed by atoms with Crippen molar-refractivity contribution in [3.63, 3.8) is 0 Å². The predicted molar refractivity (Wildman–Crippen MR) is 118 cm³/mol. The normalized spacial score (nSPS) is 14.7. The average Bonchev–Trinajstić information content (AvgIpc) is 2.79. The van der Waals surface area contributed by atoms with Crippen LogP contribution in [0.3, 0.4) is 0 Å². The summed E-state index contributed by atoms with van der Waals surface area (Å²) in [5.74, 6) is 0.174. The number of rotatable bonds is 6. The quantitative estimate of drug-likeness (QED) is 0.628. The lowest BCUT2D eigenvalue weighted by Gasteiger charge is -2.35. The van der Waals surface area contributed by atoms with Gasteiger partial charge in [0.2, 0.25) is 0 Å². The van der Waals surface area contributed by atoms with Gasteiger partial charge in [-0.15, -0.1) is 0 Å². The number of amides is 1. The van der Waals surface area contributed by atoms with E-state index in [9.17, 15) is 4.79 Å². The van der Waals surface area contributed by atoms with E-state index in [-0.39, 0.29) is 5.91 Å². The fourth-order valence-electron chi connectivity index (χ4n) is 3.99. The molecular weight excluding hydrogens is 356 g/mol. The first kappa shape index (κ1) is 19.4. The van der Waals surface area contributed by atoms with Crippen molar-refractivity contribution in [2.75, 3.05) is 26.2 Å². The fraction of sp³-hybridized carbons (Fsp3) is 0.269. The maximum Gasteiger partial charge on any atom is 0.254 e. The fourth-order valence-corrected chi connectivity index (χ4v) is 3.99.